The van der Waals surface area contributed by atoms with Gasteiger partial charge in [-0.3, -0.25) is 14.9 Å². The molecular formula is C19H17N5O5S2. The number of aryl methyl sites for hydroxylation is 2. The molecule has 0 atom stereocenters. The number of nitrogens with one attached hydrogen (secondary N) is 2. The van der Waals surface area contributed by atoms with Crippen LogP contribution in [0.4, 0.5) is 16.6 Å². The van der Waals surface area contributed by atoms with Crippen LogP contribution in [0.2, 0.25) is 0 Å². The highest BCUT2D eigenvalue weighted by Gasteiger charge is 2.16. The molecule has 0 unspecified atom stereocenters. The molecule has 0 aliphatic heterocycles. The molecule has 10 nitrogen and oxygen atoms in total. The van der Waals surface area contributed by atoms with Crippen molar-refractivity contribution in [1.29, 1.82) is 0 Å². The maximum Gasteiger partial charge on any atom is 0.324 e. The van der Waals surface area contributed by atoms with E-state index in [1.165, 1.54) is 18.2 Å². The number of nitrogens with zero attached hydrogens (tertiary/aromatic N) is 3. The third-order valence-electron chi connectivity index (χ3n) is 3.52. The average molecular weight is 464 g/mol. The minimum atomic E-state index is -4.62. The number of thiophene rings is 1. The smallest absolute Gasteiger partial charge is 0.323 e. The fourth-order valence-corrected chi connectivity index (χ4v) is 3.82. The van der Waals surface area contributed by atoms with Gasteiger partial charge in [-0.15, -0.1) is 0 Å². The summed E-state index contributed by atoms with van der Waals surface area (Å²) in [6, 6.07) is 0.906. The van der Waals surface area contributed by atoms with E-state index in [4.69, 9.17) is 5.48 Å². The summed E-state index contributed by atoms with van der Waals surface area (Å²) in [5.74, 6) is -1.14. The largest absolute Gasteiger partial charge is 0.324 e. The second-order valence-electron chi connectivity index (χ2n) is 6.04. The van der Waals surface area contributed by atoms with Gasteiger partial charge in [-0.1, -0.05) is 11.3 Å². The lowest BCUT2D eigenvalue weighted by Gasteiger charge is -2.09. The van der Waals surface area contributed by atoms with Crippen LogP contribution in [0.1, 0.15) is 21.7 Å². The summed E-state index contributed by atoms with van der Waals surface area (Å²) >= 11 is 0.824. The van der Waals surface area contributed by atoms with Gasteiger partial charge in [-0.05, 0) is 56.2 Å². The van der Waals surface area contributed by atoms with Gasteiger partial charge in [0, 0.05) is 34.1 Å². The van der Waals surface area contributed by atoms with Crippen molar-refractivity contribution in [2.24, 2.45) is 0 Å². The van der Waals surface area contributed by atoms with Crippen molar-refractivity contribution in [2.45, 2.75) is 18.7 Å². The molecule has 3 aromatic rings. The van der Waals surface area contributed by atoms with Crippen LogP contribution in [0, 0.1) is 24.0 Å². The topological polar surface area (TPSA) is 144 Å². The second-order valence-corrected chi connectivity index (χ2v) is 8.75. The Hall–Kier alpha value is -3.64. The molecule has 0 spiro atoms. The van der Waals surface area contributed by atoms with Gasteiger partial charge in [0.15, 0.2) is 0 Å². The molecule has 0 saturated carbocycles. The number of hydrogen-bond donors (Lipinski definition) is 2. The van der Waals surface area contributed by atoms with E-state index in [9.17, 15) is 23.3 Å². The Morgan fingerprint density at radius 2 is 1.84 bits per heavy atom. The van der Waals surface area contributed by atoms with E-state index in [1.807, 2.05) is 0 Å². The number of anilines is 2. The molecule has 2 N–H and O–H groups in total. The van der Waals surface area contributed by atoms with Crippen molar-refractivity contribution >= 4 is 50.0 Å². The molecule has 2 heterocycles. The van der Waals surface area contributed by atoms with Crippen LogP contribution < -0.4 is 10.0 Å². The number of hydrogen-bond acceptors (Lipinski definition) is 8. The molecule has 0 radical (unpaired) electrons. The lowest BCUT2D eigenvalue weighted by atomic mass is 10.3. The van der Waals surface area contributed by atoms with Crippen LogP contribution in [0.25, 0.3) is 6.08 Å². The Morgan fingerprint density at radius 3 is 2.42 bits per heavy atom. The Labute approximate surface area is 187 Å². The first-order valence-electron chi connectivity index (χ1n) is 10.5. The molecule has 3 rings (SSSR count). The standard InChI is InChI=1S/C19H17N5O5S2/c1-12-11-13(2)21-19(20-12)23-31(28,29)16-7-3-14(4-8-16)22-17(25)9-5-15-6-10-18(30-15)24(26)27/h3-11H,1-2H3,(H,22,25)(H,20,21,23)/b9-5+/i3D,4D,7D,8D. The predicted octanol–water partition coefficient (Wildman–Crippen LogP) is 3.52. The van der Waals surface area contributed by atoms with Crippen LogP contribution in [0.5, 0.6) is 0 Å². The number of amides is 1. The third kappa shape index (κ3) is 5.93. The van der Waals surface area contributed by atoms with Crippen LogP contribution in [0.3, 0.4) is 0 Å². The number of carbonyl (C=O) groups excluding carboxylic acids is 1. The lowest BCUT2D eigenvalue weighted by molar-refractivity contribution is -0.380. The summed E-state index contributed by atoms with van der Waals surface area (Å²) in [7, 11) is -4.62. The summed E-state index contributed by atoms with van der Waals surface area (Å²) in [4.78, 5) is 29.8. The zero-order chi connectivity index (χ0) is 26.1. The highest BCUT2D eigenvalue weighted by atomic mass is 32.2. The van der Waals surface area contributed by atoms with Crippen molar-refractivity contribution in [2.75, 3.05) is 10.0 Å². The van der Waals surface area contributed by atoms with Crippen molar-refractivity contribution in [3.8, 4) is 0 Å². The van der Waals surface area contributed by atoms with Gasteiger partial charge in [0.25, 0.3) is 10.0 Å². The maximum absolute atomic E-state index is 12.9. The first-order chi connectivity index (χ1) is 16.3. The van der Waals surface area contributed by atoms with Gasteiger partial charge in [0.1, 0.15) is 0 Å². The van der Waals surface area contributed by atoms with Gasteiger partial charge < -0.3 is 5.32 Å². The van der Waals surface area contributed by atoms with Crippen LogP contribution in [-0.2, 0) is 14.8 Å². The molecule has 1 aromatic carbocycles. The normalized spacial score (nSPS) is 13.2. The predicted molar refractivity (Wildman–Crippen MR) is 117 cm³/mol. The first-order valence-corrected chi connectivity index (χ1v) is 10.8. The number of aromatic nitrogens is 2. The SMILES string of the molecule is [2H]c1c([2H])c(S(=O)(=O)Nc2nc(C)cc(C)n2)c([2H])c([2H])c1NC(=O)/C=C/c1ccc([N+](=O)[O-])s1. The van der Waals surface area contributed by atoms with Crippen molar-refractivity contribution in [3.05, 3.63) is 74.8 Å². The fourth-order valence-electron chi connectivity index (χ4n) is 2.29. The second kappa shape index (κ2) is 9.02. The van der Waals surface area contributed by atoms with Crippen LogP contribution in [-0.4, -0.2) is 29.2 Å². The van der Waals surface area contributed by atoms with Gasteiger partial charge in [0.05, 0.1) is 15.3 Å². The Morgan fingerprint density at radius 1 is 1.19 bits per heavy atom. The van der Waals surface area contributed by atoms with Crippen molar-refractivity contribution in [3.63, 3.8) is 0 Å². The number of benzene rings is 1. The van der Waals surface area contributed by atoms with E-state index < -0.39 is 55.6 Å². The van der Waals surface area contributed by atoms with Crippen LogP contribution >= 0.6 is 11.3 Å². The summed E-state index contributed by atoms with van der Waals surface area (Å²) in [5, 5.41) is 12.8. The van der Waals surface area contributed by atoms with E-state index in [2.05, 4.69) is 20.0 Å². The highest BCUT2D eigenvalue weighted by Crippen LogP contribution is 2.25. The van der Waals surface area contributed by atoms with E-state index in [0.717, 1.165) is 17.4 Å². The number of rotatable bonds is 7. The zero-order valence-corrected chi connectivity index (χ0v) is 17.7. The molecular weight excluding hydrogens is 442 g/mol. The Balaban J connectivity index is 1.91. The van der Waals surface area contributed by atoms with Gasteiger partial charge in [0.2, 0.25) is 11.9 Å². The molecule has 12 heteroatoms. The molecule has 2 aromatic heterocycles. The summed E-state index contributed by atoms with van der Waals surface area (Å²) in [6.45, 7) is 3.24. The summed E-state index contributed by atoms with van der Waals surface area (Å²) in [5.41, 5.74) is 0.407. The minimum absolute atomic E-state index is 0.124. The van der Waals surface area contributed by atoms with Gasteiger partial charge >= 0.3 is 5.00 Å². The highest BCUT2D eigenvalue weighted by molar-refractivity contribution is 7.92. The van der Waals surface area contributed by atoms with Gasteiger partial charge in [-0.25, -0.2) is 23.1 Å². The van der Waals surface area contributed by atoms with Gasteiger partial charge in [-0.2, -0.15) is 0 Å². The van der Waals surface area contributed by atoms with Crippen molar-refractivity contribution < 1.29 is 23.6 Å². The molecule has 0 aliphatic carbocycles. The molecule has 160 valence electrons. The summed E-state index contributed by atoms with van der Waals surface area (Å²) in [6.07, 6.45) is 2.27. The van der Waals surface area contributed by atoms with Crippen molar-refractivity contribution in [1.82, 2.24) is 9.97 Å². The minimum Gasteiger partial charge on any atom is -0.323 e. The maximum atomic E-state index is 12.9. The fraction of sp³-hybridized carbons (Fsp3) is 0.105. The van der Waals surface area contributed by atoms with E-state index in [0.29, 0.717) is 16.3 Å². The first kappa shape index (κ1) is 17.1. The van der Waals surface area contributed by atoms with E-state index in [-0.39, 0.29) is 10.9 Å². The summed E-state index contributed by atoms with van der Waals surface area (Å²) < 4.78 is 60.3. The quantitative estimate of drug-likeness (QED) is 0.310. The molecule has 31 heavy (non-hydrogen) atoms. The Bertz CT molecular complexity index is 1440. The number of nitro groups is 1. The lowest BCUT2D eigenvalue weighted by Crippen LogP contribution is -2.16. The molecule has 1 amide bonds. The molecule has 0 aliphatic rings. The average Bonchev–Trinajstić information content (AvgIpc) is 3.22. The molecule has 0 saturated heterocycles. The Kier molecular flexibility index (Phi) is 4.97. The number of carbonyl (C=O) groups is 1. The zero-order valence-electron chi connectivity index (χ0n) is 20.1. The monoisotopic (exact) mass is 463 g/mol. The van der Waals surface area contributed by atoms with Crippen LogP contribution in [0.15, 0.2) is 53.3 Å². The third-order valence-corrected chi connectivity index (χ3v) is 5.71. The van der Waals surface area contributed by atoms with E-state index >= 15 is 0 Å². The molecule has 0 bridgehead atoms. The molecule has 0 fully saturated rings. The number of sulfonamides is 1. The van der Waals surface area contributed by atoms with E-state index in [1.54, 1.807) is 19.9 Å².